The number of nitrogens with zero attached hydrogens (tertiary/aromatic N) is 2. The molecule has 1 unspecified atom stereocenters. The van der Waals surface area contributed by atoms with Gasteiger partial charge in [0, 0.05) is 24.5 Å². The van der Waals surface area contributed by atoms with Crippen LogP contribution >= 0.6 is 11.3 Å². The van der Waals surface area contributed by atoms with E-state index in [2.05, 4.69) is 30.7 Å². The van der Waals surface area contributed by atoms with Crippen molar-refractivity contribution in [2.45, 2.75) is 33.7 Å². The number of aromatic nitrogens is 1. The summed E-state index contributed by atoms with van der Waals surface area (Å²) in [7, 11) is 0. The normalized spacial score (nSPS) is 21.1. The molecular formula is C12H21N3S. The first-order chi connectivity index (χ1) is 7.61. The van der Waals surface area contributed by atoms with E-state index < -0.39 is 0 Å². The summed E-state index contributed by atoms with van der Waals surface area (Å²) in [5.41, 5.74) is 6.80. The van der Waals surface area contributed by atoms with Crippen LogP contribution in [0.2, 0.25) is 0 Å². The summed E-state index contributed by atoms with van der Waals surface area (Å²) in [6.45, 7) is 9.61. The highest BCUT2D eigenvalue weighted by Crippen LogP contribution is 2.32. The molecule has 3 nitrogen and oxygen atoms in total. The van der Waals surface area contributed by atoms with Crippen LogP contribution < -0.4 is 10.6 Å². The third-order valence-electron chi connectivity index (χ3n) is 3.50. The Morgan fingerprint density at radius 3 is 2.81 bits per heavy atom. The van der Waals surface area contributed by atoms with Crippen molar-refractivity contribution in [3.63, 3.8) is 0 Å². The second kappa shape index (κ2) is 4.72. The van der Waals surface area contributed by atoms with E-state index in [9.17, 15) is 0 Å². The predicted octanol–water partition coefficient (Wildman–Crippen LogP) is 2.39. The van der Waals surface area contributed by atoms with Crippen LogP contribution in [-0.2, 0) is 6.54 Å². The molecule has 2 rings (SSSR count). The maximum Gasteiger partial charge on any atom is 0.185 e. The Kier molecular flexibility index (Phi) is 3.50. The van der Waals surface area contributed by atoms with Crippen molar-refractivity contribution >= 4 is 16.5 Å². The molecule has 1 aliphatic heterocycles. The van der Waals surface area contributed by atoms with Gasteiger partial charge in [-0.3, -0.25) is 0 Å². The monoisotopic (exact) mass is 239 g/mol. The predicted molar refractivity (Wildman–Crippen MR) is 69.9 cm³/mol. The number of thiazole rings is 1. The van der Waals surface area contributed by atoms with Crippen LogP contribution in [0.15, 0.2) is 0 Å². The van der Waals surface area contributed by atoms with Gasteiger partial charge in [-0.05, 0) is 25.2 Å². The minimum atomic E-state index is 0.616. The number of anilines is 1. The van der Waals surface area contributed by atoms with Crippen LogP contribution in [0.3, 0.4) is 0 Å². The standard InChI is InChI=1S/C12H21N3S/c1-8(2)10-4-5-15(7-10)12-14-9(3)11(6-13)16-12/h8,10H,4-7,13H2,1-3H3. The van der Waals surface area contributed by atoms with Crippen molar-refractivity contribution < 1.29 is 0 Å². The van der Waals surface area contributed by atoms with Crippen molar-refractivity contribution in [3.05, 3.63) is 10.6 Å². The number of nitrogens with two attached hydrogens (primary N) is 1. The molecule has 0 spiro atoms. The molecule has 1 fully saturated rings. The Morgan fingerprint density at radius 2 is 2.31 bits per heavy atom. The third-order valence-corrected chi connectivity index (χ3v) is 4.75. The summed E-state index contributed by atoms with van der Waals surface area (Å²) in [4.78, 5) is 8.26. The van der Waals surface area contributed by atoms with E-state index in [1.165, 1.54) is 16.4 Å². The molecule has 1 aromatic heterocycles. The van der Waals surface area contributed by atoms with Crippen LogP contribution in [0.25, 0.3) is 0 Å². The van der Waals surface area contributed by atoms with Gasteiger partial charge >= 0.3 is 0 Å². The number of hydrogen-bond acceptors (Lipinski definition) is 4. The zero-order valence-electron chi connectivity index (χ0n) is 10.4. The summed E-state index contributed by atoms with van der Waals surface area (Å²) in [6, 6.07) is 0. The van der Waals surface area contributed by atoms with E-state index in [0.717, 1.165) is 30.6 Å². The first-order valence-electron chi connectivity index (χ1n) is 6.03. The Morgan fingerprint density at radius 1 is 1.56 bits per heavy atom. The lowest BCUT2D eigenvalue weighted by Gasteiger charge is -2.16. The first kappa shape index (κ1) is 11.9. The number of hydrogen-bond donors (Lipinski definition) is 1. The van der Waals surface area contributed by atoms with Crippen LogP contribution in [0.5, 0.6) is 0 Å². The Balaban J connectivity index is 2.08. The van der Waals surface area contributed by atoms with E-state index >= 15 is 0 Å². The van der Waals surface area contributed by atoms with Gasteiger partial charge in [0.15, 0.2) is 5.13 Å². The van der Waals surface area contributed by atoms with E-state index in [1.54, 1.807) is 11.3 Å². The lowest BCUT2D eigenvalue weighted by Crippen LogP contribution is -2.20. The Bertz CT molecular complexity index is 359. The molecule has 1 aromatic rings. The second-order valence-electron chi connectivity index (χ2n) is 4.95. The Hall–Kier alpha value is -0.610. The van der Waals surface area contributed by atoms with Gasteiger partial charge in [0.1, 0.15) is 0 Å². The fraction of sp³-hybridized carbons (Fsp3) is 0.750. The van der Waals surface area contributed by atoms with Crippen LogP contribution in [0.4, 0.5) is 5.13 Å². The van der Waals surface area contributed by atoms with Crippen LogP contribution in [0, 0.1) is 18.8 Å². The van der Waals surface area contributed by atoms with Gasteiger partial charge < -0.3 is 10.6 Å². The molecule has 0 amide bonds. The molecule has 1 atom stereocenters. The highest BCUT2D eigenvalue weighted by atomic mass is 32.1. The van der Waals surface area contributed by atoms with E-state index in [4.69, 9.17) is 5.73 Å². The molecule has 0 aliphatic carbocycles. The minimum absolute atomic E-state index is 0.616. The Labute approximate surface area is 102 Å². The molecule has 1 saturated heterocycles. The molecule has 2 heterocycles. The van der Waals surface area contributed by atoms with E-state index in [1.807, 2.05) is 0 Å². The third kappa shape index (κ3) is 2.23. The molecule has 0 saturated carbocycles. The summed E-state index contributed by atoms with van der Waals surface area (Å²) in [6.07, 6.45) is 1.30. The van der Waals surface area contributed by atoms with Crippen molar-refractivity contribution in [2.24, 2.45) is 17.6 Å². The molecule has 16 heavy (non-hydrogen) atoms. The smallest absolute Gasteiger partial charge is 0.185 e. The maximum atomic E-state index is 5.69. The zero-order chi connectivity index (χ0) is 11.7. The van der Waals surface area contributed by atoms with E-state index in [-0.39, 0.29) is 0 Å². The van der Waals surface area contributed by atoms with E-state index in [0.29, 0.717) is 6.54 Å². The minimum Gasteiger partial charge on any atom is -0.348 e. The van der Waals surface area contributed by atoms with Gasteiger partial charge in [0.05, 0.1) is 5.69 Å². The first-order valence-corrected chi connectivity index (χ1v) is 6.84. The highest BCUT2D eigenvalue weighted by Gasteiger charge is 2.26. The van der Waals surface area contributed by atoms with Crippen molar-refractivity contribution in [1.82, 2.24) is 4.98 Å². The average molecular weight is 239 g/mol. The fourth-order valence-electron chi connectivity index (χ4n) is 2.24. The quantitative estimate of drug-likeness (QED) is 0.880. The summed E-state index contributed by atoms with van der Waals surface area (Å²) < 4.78 is 0. The maximum absolute atomic E-state index is 5.69. The molecule has 0 bridgehead atoms. The topological polar surface area (TPSA) is 42.2 Å². The zero-order valence-corrected chi connectivity index (χ0v) is 11.2. The van der Waals surface area contributed by atoms with Crippen molar-refractivity contribution in [2.75, 3.05) is 18.0 Å². The molecule has 0 radical (unpaired) electrons. The van der Waals surface area contributed by atoms with Gasteiger partial charge in [-0.25, -0.2) is 4.98 Å². The lowest BCUT2D eigenvalue weighted by atomic mass is 9.95. The van der Waals surface area contributed by atoms with Crippen molar-refractivity contribution in [1.29, 1.82) is 0 Å². The average Bonchev–Trinajstić information content (AvgIpc) is 2.83. The van der Waals surface area contributed by atoms with Gasteiger partial charge in [0.25, 0.3) is 0 Å². The van der Waals surface area contributed by atoms with Gasteiger partial charge in [-0.2, -0.15) is 0 Å². The van der Waals surface area contributed by atoms with Gasteiger partial charge in [-0.15, -0.1) is 11.3 Å². The van der Waals surface area contributed by atoms with Crippen LogP contribution in [-0.4, -0.2) is 18.1 Å². The highest BCUT2D eigenvalue weighted by molar-refractivity contribution is 7.15. The number of aryl methyl sites for hydroxylation is 1. The lowest BCUT2D eigenvalue weighted by molar-refractivity contribution is 0.422. The molecular weight excluding hydrogens is 218 g/mol. The SMILES string of the molecule is Cc1nc(N2CCC(C(C)C)C2)sc1CN. The van der Waals surface area contributed by atoms with Gasteiger partial charge in [0.2, 0.25) is 0 Å². The molecule has 0 aromatic carbocycles. The van der Waals surface area contributed by atoms with Crippen molar-refractivity contribution in [3.8, 4) is 0 Å². The molecule has 1 aliphatic rings. The second-order valence-corrected chi connectivity index (χ2v) is 6.01. The van der Waals surface area contributed by atoms with Crippen LogP contribution in [0.1, 0.15) is 30.8 Å². The number of rotatable bonds is 3. The summed E-state index contributed by atoms with van der Waals surface area (Å²) in [5, 5.41) is 1.17. The molecule has 90 valence electrons. The molecule has 4 heteroatoms. The fourth-order valence-corrected chi connectivity index (χ4v) is 3.22. The summed E-state index contributed by atoms with van der Waals surface area (Å²) >= 11 is 1.76. The largest absolute Gasteiger partial charge is 0.348 e. The molecule has 2 N–H and O–H groups in total. The van der Waals surface area contributed by atoms with Gasteiger partial charge in [-0.1, -0.05) is 13.8 Å². The summed E-state index contributed by atoms with van der Waals surface area (Å²) in [5.74, 6) is 1.60.